The molecule has 2 aromatic rings. The third-order valence-electron chi connectivity index (χ3n) is 2.95. The Bertz CT molecular complexity index is 845. The second-order valence-electron chi connectivity index (χ2n) is 4.74. The number of nitrogens with one attached hydrogen (secondary N) is 1. The Kier molecular flexibility index (Phi) is 5.35. The Morgan fingerprint density at radius 1 is 1.09 bits per heavy atom. The van der Waals surface area contributed by atoms with E-state index in [1.807, 2.05) is 0 Å². The molecule has 0 spiro atoms. The van der Waals surface area contributed by atoms with Gasteiger partial charge in [0.1, 0.15) is 0 Å². The summed E-state index contributed by atoms with van der Waals surface area (Å²) in [4.78, 5) is 0.235. The fraction of sp³-hybridized carbons (Fsp3) is 0.0667. The predicted molar refractivity (Wildman–Crippen MR) is 96.6 cm³/mol. The minimum atomic E-state index is -3.25. The Balaban J connectivity index is 2.47. The molecule has 0 fully saturated rings. The fourth-order valence-corrected chi connectivity index (χ4v) is 2.68. The van der Waals surface area contributed by atoms with E-state index in [2.05, 4.69) is 10.5 Å². The molecule has 0 bridgehead atoms. The largest absolute Gasteiger partial charge is 0.375 e. The maximum atomic E-state index is 11.5. The van der Waals surface area contributed by atoms with Gasteiger partial charge < -0.3 is 5.73 Å². The number of benzene rings is 2. The molecule has 0 heterocycles. The van der Waals surface area contributed by atoms with Gasteiger partial charge in [-0.2, -0.15) is 5.10 Å². The van der Waals surface area contributed by atoms with Gasteiger partial charge in [-0.3, -0.25) is 5.43 Å². The summed E-state index contributed by atoms with van der Waals surface area (Å²) >= 11 is 10.7. The van der Waals surface area contributed by atoms with Crippen LogP contribution in [0, 0.1) is 0 Å². The fourth-order valence-electron chi connectivity index (χ4n) is 1.87. The van der Waals surface area contributed by atoms with Crippen LogP contribution in [0.4, 0.5) is 0 Å². The first-order valence-electron chi connectivity index (χ1n) is 6.47. The van der Waals surface area contributed by atoms with Gasteiger partial charge in [0.05, 0.1) is 10.6 Å². The van der Waals surface area contributed by atoms with Crippen molar-refractivity contribution in [2.45, 2.75) is 4.90 Å². The first-order valence-corrected chi connectivity index (χ1v) is 9.15. The summed E-state index contributed by atoms with van der Waals surface area (Å²) < 4.78 is 23.1. The molecule has 5 nitrogen and oxygen atoms in total. The van der Waals surface area contributed by atoms with Crippen LogP contribution in [0.1, 0.15) is 11.1 Å². The van der Waals surface area contributed by atoms with Gasteiger partial charge in [0.15, 0.2) is 14.9 Å². The topological polar surface area (TPSA) is 84.5 Å². The van der Waals surface area contributed by atoms with Gasteiger partial charge in [-0.15, -0.1) is 0 Å². The van der Waals surface area contributed by atoms with Crippen molar-refractivity contribution in [2.75, 3.05) is 6.26 Å². The van der Waals surface area contributed by atoms with Crippen molar-refractivity contribution in [3.8, 4) is 0 Å². The highest BCUT2D eigenvalue weighted by molar-refractivity contribution is 7.90. The maximum absolute atomic E-state index is 11.5. The summed E-state index contributed by atoms with van der Waals surface area (Å²) in [7, 11) is -3.25. The quantitative estimate of drug-likeness (QED) is 0.492. The lowest BCUT2D eigenvalue weighted by Crippen LogP contribution is -2.26. The van der Waals surface area contributed by atoms with Crippen LogP contribution >= 0.6 is 23.8 Å². The van der Waals surface area contributed by atoms with E-state index in [4.69, 9.17) is 29.6 Å². The molecule has 0 saturated heterocycles. The molecule has 0 aliphatic heterocycles. The van der Waals surface area contributed by atoms with Crippen molar-refractivity contribution < 1.29 is 8.42 Å². The lowest BCUT2D eigenvalue weighted by atomic mass is 10.0. The van der Waals surface area contributed by atoms with Gasteiger partial charge in [-0.1, -0.05) is 35.9 Å². The molecule has 0 aliphatic carbocycles. The number of nitrogens with two attached hydrogens (primary N) is 1. The van der Waals surface area contributed by atoms with Crippen molar-refractivity contribution in [3.05, 3.63) is 64.7 Å². The number of hydrogen-bond donors (Lipinski definition) is 2. The van der Waals surface area contributed by atoms with Crippen LogP contribution in [0.5, 0.6) is 0 Å². The average molecular weight is 368 g/mol. The van der Waals surface area contributed by atoms with Gasteiger partial charge in [-0.05, 0) is 36.5 Å². The summed E-state index contributed by atoms with van der Waals surface area (Å²) in [5, 5.41) is 4.82. The Morgan fingerprint density at radius 2 is 1.57 bits per heavy atom. The van der Waals surface area contributed by atoms with E-state index in [9.17, 15) is 8.42 Å². The Morgan fingerprint density at radius 3 is 2.00 bits per heavy atom. The number of hydrogen-bond acceptors (Lipinski definition) is 4. The molecular weight excluding hydrogens is 354 g/mol. The lowest BCUT2D eigenvalue weighted by molar-refractivity contribution is 0.602. The summed E-state index contributed by atoms with van der Waals surface area (Å²) in [6.45, 7) is 0. The van der Waals surface area contributed by atoms with Crippen LogP contribution in [0.2, 0.25) is 5.02 Å². The molecule has 23 heavy (non-hydrogen) atoms. The van der Waals surface area contributed by atoms with E-state index < -0.39 is 9.84 Å². The summed E-state index contributed by atoms with van der Waals surface area (Å²) in [5.74, 6) is 0. The minimum Gasteiger partial charge on any atom is -0.375 e. The summed E-state index contributed by atoms with van der Waals surface area (Å²) in [6, 6.07) is 13.5. The molecule has 0 unspecified atom stereocenters. The first kappa shape index (κ1) is 17.4. The molecule has 0 aromatic heterocycles. The average Bonchev–Trinajstić information content (AvgIpc) is 2.48. The lowest BCUT2D eigenvalue weighted by Gasteiger charge is -2.09. The second kappa shape index (κ2) is 7.08. The highest BCUT2D eigenvalue weighted by Gasteiger charge is 2.11. The van der Waals surface area contributed by atoms with Crippen molar-refractivity contribution >= 4 is 44.5 Å². The van der Waals surface area contributed by atoms with Gasteiger partial charge >= 0.3 is 0 Å². The van der Waals surface area contributed by atoms with Crippen LogP contribution in [-0.4, -0.2) is 25.5 Å². The zero-order valence-corrected chi connectivity index (χ0v) is 14.5. The third-order valence-corrected chi connectivity index (χ3v) is 4.42. The molecule has 0 amide bonds. The van der Waals surface area contributed by atoms with E-state index in [1.54, 1.807) is 36.4 Å². The van der Waals surface area contributed by atoms with Gasteiger partial charge in [0.25, 0.3) is 0 Å². The molecule has 0 saturated carbocycles. The van der Waals surface area contributed by atoms with E-state index in [0.29, 0.717) is 16.3 Å². The van der Waals surface area contributed by atoms with Crippen LogP contribution in [0.25, 0.3) is 0 Å². The molecule has 8 heteroatoms. The van der Waals surface area contributed by atoms with Crippen molar-refractivity contribution in [1.29, 1.82) is 0 Å². The number of nitrogens with zero attached hydrogens (tertiary/aromatic N) is 1. The zero-order valence-electron chi connectivity index (χ0n) is 12.2. The molecule has 0 aliphatic rings. The number of halogens is 1. The van der Waals surface area contributed by atoms with E-state index >= 15 is 0 Å². The highest BCUT2D eigenvalue weighted by atomic mass is 35.5. The highest BCUT2D eigenvalue weighted by Crippen LogP contribution is 2.17. The van der Waals surface area contributed by atoms with Crippen LogP contribution in [0.15, 0.2) is 58.5 Å². The monoisotopic (exact) mass is 367 g/mol. The number of hydrazone groups is 1. The SMILES string of the molecule is CS(=O)(=O)c1ccc(/C(=N/NC(N)=S)c2ccc(Cl)cc2)cc1. The molecule has 3 N–H and O–H groups in total. The number of sulfone groups is 1. The van der Waals surface area contributed by atoms with Crippen LogP contribution < -0.4 is 11.2 Å². The Labute approximate surface area is 145 Å². The molecular formula is C15H14ClN3O2S2. The normalized spacial score (nSPS) is 12.0. The second-order valence-corrected chi connectivity index (χ2v) is 7.63. The number of rotatable bonds is 4. The smallest absolute Gasteiger partial charge is 0.184 e. The van der Waals surface area contributed by atoms with Crippen molar-refractivity contribution in [1.82, 2.24) is 5.43 Å². The minimum absolute atomic E-state index is 0.0317. The maximum Gasteiger partial charge on any atom is 0.184 e. The summed E-state index contributed by atoms with van der Waals surface area (Å²) in [5.41, 5.74) is 10.0. The molecule has 120 valence electrons. The molecule has 2 aromatic carbocycles. The third kappa shape index (κ3) is 4.75. The molecule has 0 atom stereocenters. The van der Waals surface area contributed by atoms with Gasteiger partial charge in [0, 0.05) is 22.4 Å². The van der Waals surface area contributed by atoms with Crippen LogP contribution in [0.3, 0.4) is 0 Å². The first-order chi connectivity index (χ1) is 10.8. The predicted octanol–water partition coefficient (Wildman–Crippen LogP) is 2.33. The van der Waals surface area contributed by atoms with E-state index in [0.717, 1.165) is 11.8 Å². The number of thiocarbonyl (C=S) groups is 1. The van der Waals surface area contributed by atoms with Gasteiger partial charge in [-0.25, -0.2) is 8.42 Å². The van der Waals surface area contributed by atoms with Crippen LogP contribution in [-0.2, 0) is 9.84 Å². The Hall–Kier alpha value is -1.96. The molecule has 0 radical (unpaired) electrons. The zero-order chi connectivity index (χ0) is 17.0. The van der Waals surface area contributed by atoms with Crippen molar-refractivity contribution in [2.24, 2.45) is 10.8 Å². The summed E-state index contributed by atoms with van der Waals surface area (Å²) in [6.07, 6.45) is 1.16. The van der Waals surface area contributed by atoms with E-state index in [-0.39, 0.29) is 10.0 Å². The van der Waals surface area contributed by atoms with Gasteiger partial charge in [0.2, 0.25) is 0 Å². The van der Waals surface area contributed by atoms with Crippen molar-refractivity contribution in [3.63, 3.8) is 0 Å². The molecule has 2 rings (SSSR count). The van der Waals surface area contributed by atoms with E-state index in [1.165, 1.54) is 12.1 Å². The standard InChI is InChI=1S/C15H14ClN3O2S2/c1-23(20,21)13-8-4-11(5-9-13)14(18-19-15(17)22)10-2-6-12(16)7-3-10/h2-9H,1H3,(H3,17,19,22)/b18-14+.